The predicted octanol–water partition coefficient (Wildman–Crippen LogP) is 1.49. The van der Waals surface area contributed by atoms with Gasteiger partial charge in [-0.1, -0.05) is 13.3 Å². The van der Waals surface area contributed by atoms with Crippen LogP contribution >= 0.6 is 0 Å². The Labute approximate surface area is 77.9 Å². The van der Waals surface area contributed by atoms with Crippen LogP contribution in [0.1, 0.15) is 43.1 Å². The third kappa shape index (κ3) is 6.16. The van der Waals surface area contributed by atoms with E-state index in [9.17, 15) is 9.90 Å². The zero-order valence-corrected chi connectivity index (χ0v) is 7.59. The third-order valence-electron chi connectivity index (χ3n) is 1.41. The molecule has 0 aromatic heterocycles. The zero-order chi connectivity index (χ0) is 12.1. The number of ether oxygens (including phenoxy) is 1. The number of aliphatic hydroxyl groups is 1. The fourth-order valence-electron chi connectivity index (χ4n) is 0.795. The summed E-state index contributed by atoms with van der Waals surface area (Å²) < 4.78 is 26.4. The highest BCUT2D eigenvalue weighted by atomic mass is 16.5. The van der Waals surface area contributed by atoms with Gasteiger partial charge < -0.3 is 9.84 Å². The van der Waals surface area contributed by atoms with Crippen molar-refractivity contribution in [3.05, 3.63) is 0 Å². The van der Waals surface area contributed by atoms with Crippen molar-refractivity contribution < 1.29 is 18.8 Å². The van der Waals surface area contributed by atoms with Crippen LogP contribution in [0.25, 0.3) is 0 Å². The molecule has 0 bridgehead atoms. The molecule has 12 heavy (non-hydrogen) atoms. The van der Waals surface area contributed by atoms with Crippen LogP contribution in [0.4, 0.5) is 0 Å². The van der Waals surface area contributed by atoms with Gasteiger partial charge in [0.25, 0.3) is 0 Å². The van der Waals surface area contributed by atoms with Gasteiger partial charge in [-0.2, -0.15) is 0 Å². The van der Waals surface area contributed by atoms with Gasteiger partial charge in [0, 0.05) is 9.11 Å². The molecule has 0 aromatic carbocycles. The van der Waals surface area contributed by atoms with Crippen molar-refractivity contribution in [2.75, 3.05) is 7.11 Å². The lowest BCUT2D eigenvalue weighted by atomic mass is 10.1. The van der Waals surface area contributed by atoms with Crippen LogP contribution < -0.4 is 0 Å². The lowest BCUT2D eigenvalue weighted by molar-refractivity contribution is -0.140. The summed E-state index contributed by atoms with van der Waals surface area (Å²) in [6.07, 6.45) is -3.16. The molecule has 0 heterocycles. The highest BCUT2D eigenvalue weighted by Gasteiger charge is 2.04. The smallest absolute Gasteiger partial charge is 0.305 e. The summed E-state index contributed by atoms with van der Waals surface area (Å²) in [6, 6.07) is 0. The molecule has 1 atom stereocenters. The predicted molar refractivity (Wildman–Crippen MR) is 46.8 cm³/mol. The molecule has 0 saturated carbocycles. The van der Waals surface area contributed by atoms with Crippen molar-refractivity contribution in [1.29, 1.82) is 0 Å². The summed E-state index contributed by atoms with van der Waals surface area (Å²) in [4.78, 5) is 11.0. The number of hydrogen-bond acceptors (Lipinski definition) is 3. The molecule has 0 saturated heterocycles. The highest BCUT2D eigenvalue weighted by Crippen LogP contribution is 2.06. The SMILES string of the molecule is [2H]C([2H])(CC[C@@]([2H])(O)CCC)C(=O)OC. The second-order valence-electron chi connectivity index (χ2n) is 2.48. The summed E-state index contributed by atoms with van der Waals surface area (Å²) in [7, 11) is 1.11. The summed E-state index contributed by atoms with van der Waals surface area (Å²) >= 11 is 0. The molecule has 0 unspecified atom stereocenters. The van der Waals surface area contributed by atoms with Gasteiger partial charge in [0.1, 0.15) is 0 Å². The van der Waals surface area contributed by atoms with Gasteiger partial charge >= 0.3 is 5.97 Å². The number of carbonyl (C=O) groups excluding carboxylic acids is 1. The van der Waals surface area contributed by atoms with Crippen molar-refractivity contribution in [1.82, 2.24) is 0 Å². The average Bonchev–Trinajstić information content (AvgIpc) is 2.14. The van der Waals surface area contributed by atoms with Crippen molar-refractivity contribution in [3.8, 4) is 0 Å². The standard InChI is InChI=1S/C9H18O3/c1-3-5-8(10)6-4-7-9(11)12-2/h8,10H,3-7H2,1-2H3/t8-/m0/s1/i7D2,8D. The molecule has 0 amide bonds. The average molecular weight is 177 g/mol. The molecular formula is C9H18O3. The third-order valence-corrected chi connectivity index (χ3v) is 1.41. The van der Waals surface area contributed by atoms with Crippen LogP contribution in [-0.2, 0) is 9.53 Å². The Morgan fingerprint density at radius 1 is 1.75 bits per heavy atom. The van der Waals surface area contributed by atoms with E-state index < -0.39 is 18.4 Å². The van der Waals surface area contributed by atoms with Gasteiger partial charge in [-0.25, -0.2) is 0 Å². The van der Waals surface area contributed by atoms with E-state index in [1.807, 2.05) is 6.92 Å². The Hall–Kier alpha value is -0.570. The number of carbonyl (C=O) groups is 1. The fraction of sp³-hybridized carbons (Fsp3) is 0.889. The van der Waals surface area contributed by atoms with Crippen LogP contribution in [0, 0.1) is 0 Å². The van der Waals surface area contributed by atoms with Crippen LogP contribution in [0.5, 0.6) is 0 Å². The minimum Gasteiger partial charge on any atom is -0.469 e. The first-order valence-electron chi connectivity index (χ1n) is 5.56. The van der Waals surface area contributed by atoms with Crippen LogP contribution in [-0.4, -0.2) is 24.3 Å². The lowest BCUT2D eigenvalue weighted by Crippen LogP contribution is -2.07. The molecule has 0 aliphatic carbocycles. The molecular weight excluding hydrogens is 156 g/mol. The first kappa shape index (κ1) is 6.89. The molecule has 0 aromatic rings. The molecule has 72 valence electrons. The zero-order valence-electron chi connectivity index (χ0n) is 10.6. The maximum absolute atomic E-state index is 11.0. The molecule has 0 aliphatic heterocycles. The molecule has 0 radical (unpaired) electrons. The van der Waals surface area contributed by atoms with Gasteiger partial charge in [0.15, 0.2) is 0 Å². The minimum atomic E-state index is -2.13. The monoisotopic (exact) mass is 177 g/mol. The van der Waals surface area contributed by atoms with Crippen LogP contribution in [0.3, 0.4) is 0 Å². The number of esters is 1. The largest absolute Gasteiger partial charge is 0.469 e. The molecule has 3 heteroatoms. The highest BCUT2D eigenvalue weighted by molar-refractivity contribution is 5.68. The van der Waals surface area contributed by atoms with E-state index in [4.69, 9.17) is 4.11 Å². The molecule has 0 spiro atoms. The van der Waals surface area contributed by atoms with Crippen LogP contribution in [0.15, 0.2) is 0 Å². The van der Waals surface area contributed by atoms with E-state index in [1.165, 1.54) is 0 Å². The van der Waals surface area contributed by atoms with Crippen molar-refractivity contribution in [2.24, 2.45) is 0 Å². The Morgan fingerprint density at radius 2 is 2.42 bits per heavy atom. The van der Waals surface area contributed by atoms with Gasteiger partial charge in [-0.3, -0.25) is 4.79 Å². The van der Waals surface area contributed by atoms with Crippen molar-refractivity contribution in [2.45, 2.75) is 45.1 Å². The maximum atomic E-state index is 11.0. The summed E-state index contributed by atoms with van der Waals surface area (Å²) in [5, 5.41) is 9.48. The van der Waals surface area contributed by atoms with E-state index >= 15 is 0 Å². The van der Waals surface area contributed by atoms with E-state index in [-0.39, 0.29) is 19.3 Å². The molecule has 1 N–H and O–H groups in total. The van der Waals surface area contributed by atoms with Gasteiger partial charge in [-0.05, 0) is 19.3 Å². The second-order valence-corrected chi connectivity index (χ2v) is 2.48. The normalized spacial score (nSPS) is 20.1. The summed E-state index contributed by atoms with van der Waals surface area (Å²) in [5.74, 6) is -0.963. The van der Waals surface area contributed by atoms with Gasteiger partial charge in [0.2, 0.25) is 0 Å². The fourth-order valence-corrected chi connectivity index (χ4v) is 0.795. The Kier molecular flexibility index (Phi) is 4.08. The topological polar surface area (TPSA) is 46.5 Å². The van der Waals surface area contributed by atoms with Crippen molar-refractivity contribution >= 4 is 5.97 Å². The number of methoxy groups -OCH3 is 1. The molecule has 0 aliphatic rings. The first-order chi connectivity index (χ1) is 6.75. The minimum absolute atomic E-state index is 0.0804. The van der Waals surface area contributed by atoms with Gasteiger partial charge in [-0.15, -0.1) is 0 Å². The summed E-state index contributed by atoms with van der Waals surface area (Å²) in [5.41, 5.74) is 0. The van der Waals surface area contributed by atoms with E-state index in [0.717, 1.165) is 7.11 Å². The molecule has 0 rings (SSSR count). The lowest BCUT2D eigenvalue weighted by Gasteiger charge is -2.07. The molecule has 3 nitrogen and oxygen atoms in total. The van der Waals surface area contributed by atoms with Gasteiger partial charge in [0.05, 0.1) is 14.6 Å². The van der Waals surface area contributed by atoms with Crippen LogP contribution in [0.2, 0.25) is 0 Å². The Morgan fingerprint density at radius 3 is 2.92 bits per heavy atom. The Bertz CT molecular complexity index is 217. The van der Waals surface area contributed by atoms with Crippen molar-refractivity contribution in [3.63, 3.8) is 0 Å². The first-order valence-corrected chi connectivity index (χ1v) is 4.06. The Balaban J connectivity index is 4.19. The number of hydrogen-bond donors (Lipinski definition) is 1. The summed E-state index contributed by atoms with van der Waals surface area (Å²) in [6.45, 7) is 1.83. The van der Waals surface area contributed by atoms with E-state index in [2.05, 4.69) is 4.74 Å². The van der Waals surface area contributed by atoms with E-state index in [1.54, 1.807) is 0 Å². The second kappa shape index (κ2) is 7.10. The maximum Gasteiger partial charge on any atom is 0.305 e. The van der Waals surface area contributed by atoms with E-state index in [0.29, 0.717) is 6.42 Å². The quantitative estimate of drug-likeness (QED) is 0.625. The molecule has 0 fully saturated rings. The number of rotatable bonds is 6.